The molecule has 3 aromatic heterocycles. The van der Waals surface area contributed by atoms with Gasteiger partial charge in [0.05, 0.1) is 22.6 Å². The van der Waals surface area contributed by atoms with Gasteiger partial charge in [0.15, 0.2) is 5.65 Å². The maximum Gasteiger partial charge on any atom is 0.173 e. The standard InChI is InChI=1S/C18H9ClFN5/c19-14-8-11(3-4-15(14)20)17-13(2-1-6-22-17)16-5-7-25-18(24-16)12(9-21)10-23-25/h1-8,10H. The van der Waals surface area contributed by atoms with Crippen LogP contribution in [0.5, 0.6) is 0 Å². The molecule has 0 radical (unpaired) electrons. The van der Waals surface area contributed by atoms with Crippen molar-refractivity contribution in [1.82, 2.24) is 19.6 Å². The summed E-state index contributed by atoms with van der Waals surface area (Å²) in [6, 6.07) is 12.0. The van der Waals surface area contributed by atoms with Crippen molar-refractivity contribution in [2.75, 3.05) is 0 Å². The third-order valence-corrected chi connectivity index (χ3v) is 4.06. The van der Waals surface area contributed by atoms with E-state index >= 15 is 0 Å². The molecule has 0 atom stereocenters. The fraction of sp³-hybridized carbons (Fsp3) is 0. The van der Waals surface area contributed by atoms with Gasteiger partial charge in [0.2, 0.25) is 0 Å². The molecule has 5 nitrogen and oxygen atoms in total. The molecule has 0 bridgehead atoms. The van der Waals surface area contributed by atoms with Crippen molar-refractivity contribution in [2.45, 2.75) is 0 Å². The quantitative estimate of drug-likeness (QED) is 0.546. The summed E-state index contributed by atoms with van der Waals surface area (Å²) in [6.07, 6.45) is 4.84. The van der Waals surface area contributed by atoms with E-state index in [4.69, 9.17) is 16.9 Å². The van der Waals surface area contributed by atoms with E-state index in [1.807, 2.05) is 6.07 Å². The third-order valence-electron chi connectivity index (χ3n) is 3.77. The molecule has 0 aliphatic heterocycles. The molecule has 120 valence electrons. The van der Waals surface area contributed by atoms with E-state index in [0.29, 0.717) is 28.2 Å². The Hall–Kier alpha value is -3.30. The van der Waals surface area contributed by atoms with Crippen molar-refractivity contribution < 1.29 is 4.39 Å². The molecule has 0 unspecified atom stereocenters. The minimum Gasteiger partial charge on any atom is -0.256 e. The topological polar surface area (TPSA) is 66.9 Å². The summed E-state index contributed by atoms with van der Waals surface area (Å²) in [5, 5.41) is 13.3. The van der Waals surface area contributed by atoms with E-state index < -0.39 is 5.82 Å². The van der Waals surface area contributed by atoms with Crippen molar-refractivity contribution in [3.8, 4) is 28.6 Å². The second-order valence-corrected chi connectivity index (χ2v) is 5.69. The first-order valence-corrected chi connectivity index (χ1v) is 7.70. The lowest BCUT2D eigenvalue weighted by Gasteiger charge is -2.09. The minimum absolute atomic E-state index is 0.0278. The number of pyridine rings is 1. The van der Waals surface area contributed by atoms with Gasteiger partial charge in [0.1, 0.15) is 17.4 Å². The van der Waals surface area contributed by atoms with E-state index in [9.17, 15) is 4.39 Å². The van der Waals surface area contributed by atoms with Crippen LogP contribution in [0.4, 0.5) is 4.39 Å². The monoisotopic (exact) mass is 349 g/mol. The van der Waals surface area contributed by atoms with Gasteiger partial charge < -0.3 is 0 Å². The average Bonchev–Trinajstić information content (AvgIpc) is 3.06. The predicted molar refractivity (Wildman–Crippen MR) is 91.3 cm³/mol. The molecule has 3 heterocycles. The zero-order valence-electron chi connectivity index (χ0n) is 12.7. The number of halogens is 2. The molecule has 7 heteroatoms. The molecule has 4 aromatic rings. The smallest absolute Gasteiger partial charge is 0.173 e. The highest BCUT2D eigenvalue weighted by Crippen LogP contribution is 2.31. The molecular weight excluding hydrogens is 341 g/mol. The number of hydrogen-bond acceptors (Lipinski definition) is 4. The second kappa shape index (κ2) is 5.96. The molecule has 0 fully saturated rings. The normalized spacial score (nSPS) is 10.8. The number of nitrogens with zero attached hydrogens (tertiary/aromatic N) is 5. The van der Waals surface area contributed by atoms with Gasteiger partial charge in [0.25, 0.3) is 0 Å². The summed E-state index contributed by atoms with van der Waals surface area (Å²) >= 11 is 5.90. The largest absolute Gasteiger partial charge is 0.256 e. The molecule has 0 saturated carbocycles. The van der Waals surface area contributed by atoms with Crippen LogP contribution in [0.2, 0.25) is 5.02 Å². The van der Waals surface area contributed by atoms with Crippen LogP contribution in [0.3, 0.4) is 0 Å². The zero-order valence-corrected chi connectivity index (χ0v) is 13.4. The Kier molecular flexibility index (Phi) is 3.64. The first kappa shape index (κ1) is 15.2. The van der Waals surface area contributed by atoms with E-state index in [1.54, 1.807) is 30.6 Å². The summed E-state index contributed by atoms with van der Waals surface area (Å²) in [6.45, 7) is 0. The molecule has 25 heavy (non-hydrogen) atoms. The van der Waals surface area contributed by atoms with Crippen LogP contribution in [-0.2, 0) is 0 Å². The highest BCUT2D eigenvalue weighted by molar-refractivity contribution is 6.31. The maximum atomic E-state index is 13.5. The van der Waals surface area contributed by atoms with Gasteiger partial charge in [-0.2, -0.15) is 10.4 Å². The Bertz CT molecular complexity index is 1150. The van der Waals surface area contributed by atoms with Gasteiger partial charge in [-0.15, -0.1) is 0 Å². The molecule has 0 amide bonds. The Labute approximate surface area is 147 Å². The second-order valence-electron chi connectivity index (χ2n) is 5.28. The third kappa shape index (κ3) is 2.61. The number of aromatic nitrogens is 4. The van der Waals surface area contributed by atoms with Crippen molar-refractivity contribution in [1.29, 1.82) is 5.26 Å². The molecule has 0 N–H and O–H groups in total. The first-order chi connectivity index (χ1) is 12.2. The molecule has 0 aliphatic carbocycles. The maximum absolute atomic E-state index is 13.5. The lowest BCUT2D eigenvalue weighted by atomic mass is 10.0. The van der Waals surface area contributed by atoms with E-state index in [1.165, 1.54) is 22.8 Å². The van der Waals surface area contributed by atoms with Gasteiger partial charge in [-0.3, -0.25) is 4.98 Å². The van der Waals surface area contributed by atoms with Crippen LogP contribution >= 0.6 is 11.6 Å². The van der Waals surface area contributed by atoms with Crippen molar-refractivity contribution in [3.05, 3.63) is 71.4 Å². The molecule has 4 rings (SSSR count). The molecule has 1 aromatic carbocycles. The van der Waals surface area contributed by atoms with E-state index in [0.717, 1.165) is 5.56 Å². The first-order valence-electron chi connectivity index (χ1n) is 7.32. The minimum atomic E-state index is -0.486. The van der Waals surface area contributed by atoms with Gasteiger partial charge >= 0.3 is 0 Å². The van der Waals surface area contributed by atoms with Crippen LogP contribution in [0, 0.1) is 17.1 Å². The summed E-state index contributed by atoms with van der Waals surface area (Å²) in [5.74, 6) is -0.486. The number of nitriles is 1. The lowest BCUT2D eigenvalue weighted by molar-refractivity contribution is 0.628. The van der Waals surface area contributed by atoms with Crippen LogP contribution < -0.4 is 0 Å². The summed E-state index contributed by atoms with van der Waals surface area (Å²) in [4.78, 5) is 8.93. The molecule has 0 aliphatic rings. The Balaban J connectivity index is 1.92. The van der Waals surface area contributed by atoms with Gasteiger partial charge in [-0.1, -0.05) is 11.6 Å². The van der Waals surface area contributed by atoms with E-state index in [2.05, 4.69) is 21.1 Å². The SMILES string of the molecule is N#Cc1cnn2ccc(-c3cccnc3-c3ccc(F)c(Cl)c3)nc12. The lowest BCUT2D eigenvalue weighted by Crippen LogP contribution is -1.95. The summed E-state index contributed by atoms with van der Waals surface area (Å²) < 4.78 is 15.0. The number of benzene rings is 1. The molecular formula is C18H9ClFN5. The highest BCUT2D eigenvalue weighted by Gasteiger charge is 2.13. The van der Waals surface area contributed by atoms with Crippen LogP contribution in [0.25, 0.3) is 28.2 Å². The van der Waals surface area contributed by atoms with Gasteiger partial charge in [-0.25, -0.2) is 13.9 Å². The highest BCUT2D eigenvalue weighted by atomic mass is 35.5. The van der Waals surface area contributed by atoms with Crippen LogP contribution in [-0.4, -0.2) is 19.6 Å². The van der Waals surface area contributed by atoms with Gasteiger partial charge in [0, 0.05) is 23.5 Å². The Morgan fingerprint density at radius 2 is 2.08 bits per heavy atom. The van der Waals surface area contributed by atoms with Crippen molar-refractivity contribution in [3.63, 3.8) is 0 Å². The number of hydrogen-bond donors (Lipinski definition) is 0. The summed E-state index contributed by atoms with van der Waals surface area (Å²) in [7, 11) is 0. The zero-order chi connectivity index (χ0) is 17.4. The Morgan fingerprint density at radius 1 is 1.20 bits per heavy atom. The van der Waals surface area contributed by atoms with Gasteiger partial charge in [-0.05, 0) is 36.4 Å². The average molecular weight is 350 g/mol. The van der Waals surface area contributed by atoms with Crippen molar-refractivity contribution >= 4 is 17.2 Å². The molecule has 0 spiro atoms. The molecule has 0 saturated heterocycles. The Morgan fingerprint density at radius 3 is 2.88 bits per heavy atom. The number of rotatable bonds is 2. The fourth-order valence-electron chi connectivity index (χ4n) is 2.58. The fourth-order valence-corrected chi connectivity index (χ4v) is 2.76. The van der Waals surface area contributed by atoms with Crippen LogP contribution in [0.15, 0.2) is 55.0 Å². The van der Waals surface area contributed by atoms with Crippen molar-refractivity contribution in [2.24, 2.45) is 0 Å². The van der Waals surface area contributed by atoms with Crippen LogP contribution in [0.1, 0.15) is 5.56 Å². The summed E-state index contributed by atoms with van der Waals surface area (Å²) in [5.41, 5.74) is 3.53. The van der Waals surface area contributed by atoms with E-state index in [-0.39, 0.29) is 5.02 Å². The number of fused-ring (bicyclic) bond motifs is 1. The predicted octanol–water partition coefficient (Wildman–Crippen LogP) is 4.12.